The van der Waals surface area contributed by atoms with Crippen LogP contribution in [0.2, 0.25) is 0 Å². The first kappa shape index (κ1) is 16.3. The Hall–Kier alpha value is -1.04. The van der Waals surface area contributed by atoms with Crippen molar-refractivity contribution in [2.45, 2.75) is 19.4 Å². The molecule has 0 amide bonds. The first-order chi connectivity index (χ1) is 10.2. The van der Waals surface area contributed by atoms with Gasteiger partial charge in [-0.2, -0.15) is 0 Å². The summed E-state index contributed by atoms with van der Waals surface area (Å²) in [5, 5.41) is 3.38. The molecule has 1 saturated heterocycles. The molecule has 0 atom stereocenters. The third-order valence-corrected chi connectivity index (χ3v) is 4.05. The van der Waals surface area contributed by atoms with Gasteiger partial charge in [0.15, 0.2) is 11.6 Å². The number of nitrogens with zero attached hydrogens (tertiary/aromatic N) is 1. The number of likely N-dealkylation sites (tertiary alicyclic amines) is 1. The number of nitrogens with one attached hydrogen (secondary N) is 1. The summed E-state index contributed by atoms with van der Waals surface area (Å²) in [7, 11) is 1.70. The van der Waals surface area contributed by atoms with Crippen LogP contribution in [0.5, 0.6) is 0 Å². The second kappa shape index (κ2) is 8.41. The van der Waals surface area contributed by atoms with Crippen LogP contribution >= 0.6 is 0 Å². The van der Waals surface area contributed by atoms with Gasteiger partial charge in [-0.25, -0.2) is 8.78 Å². The second-order valence-electron chi connectivity index (χ2n) is 5.63. The van der Waals surface area contributed by atoms with Crippen LogP contribution in [0, 0.1) is 17.6 Å². The normalized spacial score (nSPS) is 17.3. The summed E-state index contributed by atoms with van der Waals surface area (Å²) >= 11 is 0. The van der Waals surface area contributed by atoms with Crippen molar-refractivity contribution in [3.8, 4) is 0 Å². The van der Waals surface area contributed by atoms with E-state index in [1.54, 1.807) is 19.2 Å². The van der Waals surface area contributed by atoms with Gasteiger partial charge in [0.05, 0.1) is 6.61 Å². The van der Waals surface area contributed by atoms with Gasteiger partial charge in [-0.15, -0.1) is 0 Å². The largest absolute Gasteiger partial charge is 0.383 e. The third-order valence-electron chi connectivity index (χ3n) is 4.05. The Kier molecular flexibility index (Phi) is 6.54. The van der Waals surface area contributed by atoms with Crippen LogP contribution in [-0.4, -0.2) is 44.8 Å². The lowest BCUT2D eigenvalue weighted by atomic mass is 9.96. The zero-order valence-corrected chi connectivity index (χ0v) is 12.6. The zero-order valence-electron chi connectivity index (χ0n) is 12.6. The third kappa shape index (κ3) is 5.02. The molecule has 5 heteroatoms. The lowest BCUT2D eigenvalue weighted by Gasteiger charge is -2.32. The van der Waals surface area contributed by atoms with Crippen molar-refractivity contribution in [3.05, 3.63) is 35.4 Å². The summed E-state index contributed by atoms with van der Waals surface area (Å²) in [5.74, 6) is -0.805. The van der Waals surface area contributed by atoms with Crippen LogP contribution in [0.3, 0.4) is 0 Å². The Balaban J connectivity index is 1.73. The molecule has 0 bridgehead atoms. The highest BCUT2D eigenvalue weighted by molar-refractivity contribution is 5.18. The average molecular weight is 298 g/mol. The van der Waals surface area contributed by atoms with Gasteiger partial charge >= 0.3 is 0 Å². The first-order valence-corrected chi connectivity index (χ1v) is 7.55. The molecular weight excluding hydrogens is 274 g/mol. The van der Waals surface area contributed by atoms with Crippen LogP contribution in [0.15, 0.2) is 18.2 Å². The molecule has 1 N–H and O–H groups in total. The fraction of sp³-hybridized carbons (Fsp3) is 0.625. The molecule has 1 aromatic rings. The van der Waals surface area contributed by atoms with E-state index < -0.39 is 11.6 Å². The fourth-order valence-electron chi connectivity index (χ4n) is 2.74. The molecule has 1 fully saturated rings. The summed E-state index contributed by atoms with van der Waals surface area (Å²) < 4.78 is 31.8. The molecular formula is C16H24F2N2O. The highest BCUT2D eigenvalue weighted by Crippen LogP contribution is 2.20. The van der Waals surface area contributed by atoms with Gasteiger partial charge in [0, 0.05) is 25.8 Å². The number of rotatable bonds is 7. The number of methoxy groups -OCH3 is 1. The van der Waals surface area contributed by atoms with Gasteiger partial charge in [-0.05, 0) is 44.5 Å². The average Bonchev–Trinajstić information content (AvgIpc) is 2.50. The van der Waals surface area contributed by atoms with Crippen molar-refractivity contribution in [1.82, 2.24) is 10.2 Å². The quantitative estimate of drug-likeness (QED) is 0.782. The Morgan fingerprint density at radius 3 is 2.76 bits per heavy atom. The molecule has 0 unspecified atom stereocenters. The Morgan fingerprint density at radius 2 is 2.05 bits per heavy atom. The number of halogens is 2. The van der Waals surface area contributed by atoms with Crippen molar-refractivity contribution in [1.29, 1.82) is 0 Å². The minimum atomic E-state index is -0.760. The molecule has 1 aliphatic heterocycles. The molecule has 0 spiro atoms. The van der Waals surface area contributed by atoms with E-state index in [2.05, 4.69) is 10.2 Å². The molecule has 1 heterocycles. The van der Waals surface area contributed by atoms with E-state index in [4.69, 9.17) is 4.74 Å². The van der Waals surface area contributed by atoms with E-state index in [9.17, 15) is 8.78 Å². The Bertz CT molecular complexity index is 434. The summed E-state index contributed by atoms with van der Waals surface area (Å²) in [4.78, 5) is 2.20. The molecule has 0 aromatic heterocycles. The van der Waals surface area contributed by atoms with Crippen molar-refractivity contribution in [2.75, 3.05) is 39.9 Å². The van der Waals surface area contributed by atoms with Crippen molar-refractivity contribution < 1.29 is 13.5 Å². The first-order valence-electron chi connectivity index (χ1n) is 7.55. The number of piperidine rings is 1. The summed E-state index contributed by atoms with van der Waals surface area (Å²) in [5.41, 5.74) is 0.451. The van der Waals surface area contributed by atoms with Gasteiger partial charge in [-0.3, -0.25) is 4.90 Å². The van der Waals surface area contributed by atoms with Gasteiger partial charge < -0.3 is 10.1 Å². The van der Waals surface area contributed by atoms with E-state index in [0.717, 1.165) is 51.7 Å². The standard InChI is InChI=1S/C16H24F2N2O/c1-21-10-7-19-11-13-5-8-20(9-6-13)12-14-3-2-4-15(17)16(14)18/h2-4,13,19H,5-12H2,1H3. The maximum Gasteiger partial charge on any atom is 0.163 e. The van der Waals surface area contributed by atoms with E-state index in [1.165, 1.54) is 0 Å². The summed E-state index contributed by atoms with van der Waals surface area (Å²) in [6, 6.07) is 4.40. The highest BCUT2D eigenvalue weighted by atomic mass is 19.2. The minimum absolute atomic E-state index is 0.451. The smallest absolute Gasteiger partial charge is 0.163 e. The van der Waals surface area contributed by atoms with Gasteiger partial charge in [-0.1, -0.05) is 12.1 Å². The van der Waals surface area contributed by atoms with Crippen LogP contribution in [-0.2, 0) is 11.3 Å². The highest BCUT2D eigenvalue weighted by Gasteiger charge is 2.20. The van der Waals surface area contributed by atoms with Gasteiger partial charge in [0.2, 0.25) is 0 Å². The molecule has 21 heavy (non-hydrogen) atoms. The minimum Gasteiger partial charge on any atom is -0.383 e. The van der Waals surface area contributed by atoms with Gasteiger partial charge in [0.1, 0.15) is 0 Å². The van der Waals surface area contributed by atoms with E-state index >= 15 is 0 Å². The number of hydrogen-bond acceptors (Lipinski definition) is 3. The predicted molar refractivity (Wildman–Crippen MR) is 79.1 cm³/mol. The molecule has 0 saturated carbocycles. The molecule has 118 valence electrons. The van der Waals surface area contributed by atoms with E-state index in [1.807, 2.05) is 0 Å². The zero-order chi connectivity index (χ0) is 15.1. The maximum absolute atomic E-state index is 13.6. The molecule has 0 radical (unpaired) electrons. The SMILES string of the molecule is COCCNCC1CCN(Cc2cccc(F)c2F)CC1. The van der Waals surface area contributed by atoms with Crippen molar-refractivity contribution in [2.24, 2.45) is 5.92 Å². The molecule has 1 aromatic carbocycles. The van der Waals surface area contributed by atoms with Crippen LogP contribution in [0.1, 0.15) is 18.4 Å². The topological polar surface area (TPSA) is 24.5 Å². The maximum atomic E-state index is 13.6. The predicted octanol–water partition coefficient (Wildman–Crippen LogP) is 2.41. The van der Waals surface area contributed by atoms with Crippen molar-refractivity contribution >= 4 is 0 Å². The molecule has 0 aliphatic carbocycles. The summed E-state index contributed by atoms with van der Waals surface area (Å²) in [6.45, 7) is 4.99. The number of benzene rings is 1. The van der Waals surface area contributed by atoms with Crippen molar-refractivity contribution in [3.63, 3.8) is 0 Å². The molecule has 3 nitrogen and oxygen atoms in total. The van der Waals surface area contributed by atoms with Crippen LogP contribution in [0.4, 0.5) is 8.78 Å². The lowest BCUT2D eigenvalue weighted by molar-refractivity contribution is 0.166. The van der Waals surface area contributed by atoms with E-state index in [0.29, 0.717) is 18.0 Å². The van der Waals surface area contributed by atoms with Crippen LogP contribution < -0.4 is 5.32 Å². The Morgan fingerprint density at radius 1 is 1.29 bits per heavy atom. The monoisotopic (exact) mass is 298 g/mol. The van der Waals surface area contributed by atoms with E-state index in [-0.39, 0.29) is 0 Å². The van der Waals surface area contributed by atoms with Crippen LogP contribution in [0.25, 0.3) is 0 Å². The Labute approximate surface area is 125 Å². The summed E-state index contributed by atoms with van der Waals surface area (Å²) in [6.07, 6.45) is 2.19. The lowest BCUT2D eigenvalue weighted by Crippen LogP contribution is -2.37. The molecule has 2 rings (SSSR count). The fourth-order valence-corrected chi connectivity index (χ4v) is 2.74. The second-order valence-corrected chi connectivity index (χ2v) is 5.63. The molecule has 1 aliphatic rings. The number of ether oxygens (including phenoxy) is 1. The van der Waals surface area contributed by atoms with Gasteiger partial charge in [0.25, 0.3) is 0 Å². The number of hydrogen-bond donors (Lipinski definition) is 1.